The lowest BCUT2D eigenvalue weighted by molar-refractivity contribution is -0.113. The van der Waals surface area contributed by atoms with E-state index in [4.69, 9.17) is 0 Å². The SMILES string of the molecule is CCCC(=O)/C(=N/NCc1cccc(C)c1)C(C)CNC. The molecular weight excluding hydrogens is 262 g/mol. The van der Waals surface area contributed by atoms with E-state index in [1.54, 1.807) is 0 Å². The summed E-state index contributed by atoms with van der Waals surface area (Å²) in [6, 6.07) is 8.27. The predicted molar refractivity (Wildman–Crippen MR) is 88.5 cm³/mol. The van der Waals surface area contributed by atoms with E-state index in [0.717, 1.165) is 13.0 Å². The van der Waals surface area contributed by atoms with E-state index in [-0.39, 0.29) is 11.7 Å². The van der Waals surface area contributed by atoms with Crippen molar-refractivity contribution in [2.45, 2.75) is 40.2 Å². The number of hydrogen-bond donors (Lipinski definition) is 2. The minimum Gasteiger partial charge on any atom is -0.319 e. The summed E-state index contributed by atoms with van der Waals surface area (Å²) in [6.07, 6.45) is 1.40. The van der Waals surface area contributed by atoms with Crippen molar-refractivity contribution in [1.82, 2.24) is 10.7 Å². The highest BCUT2D eigenvalue weighted by Crippen LogP contribution is 2.05. The van der Waals surface area contributed by atoms with Gasteiger partial charge in [-0.2, -0.15) is 5.10 Å². The fourth-order valence-electron chi connectivity index (χ4n) is 2.24. The molecule has 2 N–H and O–H groups in total. The van der Waals surface area contributed by atoms with Crippen molar-refractivity contribution in [3.63, 3.8) is 0 Å². The largest absolute Gasteiger partial charge is 0.319 e. The van der Waals surface area contributed by atoms with E-state index in [1.165, 1.54) is 11.1 Å². The van der Waals surface area contributed by atoms with Gasteiger partial charge in [0.25, 0.3) is 0 Å². The Morgan fingerprint density at radius 1 is 1.38 bits per heavy atom. The summed E-state index contributed by atoms with van der Waals surface area (Å²) in [7, 11) is 1.89. The number of nitrogens with zero attached hydrogens (tertiary/aromatic N) is 1. The molecule has 0 aliphatic rings. The molecule has 1 atom stereocenters. The molecule has 1 aromatic carbocycles. The van der Waals surface area contributed by atoms with Crippen molar-refractivity contribution in [3.8, 4) is 0 Å². The third kappa shape index (κ3) is 6.08. The molecule has 0 amide bonds. The molecule has 0 aromatic heterocycles. The fraction of sp³-hybridized carbons (Fsp3) is 0.529. The van der Waals surface area contributed by atoms with Crippen molar-refractivity contribution < 1.29 is 4.79 Å². The zero-order valence-corrected chi connectivity index (χ0v) is 13.6. The fourth-order valence-corrected chi connectivity index (χ4v) is 2.24. The van der Waals surface area contributed by atoms with E-state index >= 15 is 0 Å². The number of aryl methyl sites for hydroxylation is 1. The Bertz CT molecular complexity index is 483. The lowest BCUT2D eigenvalue weighted by Gasteiger charge is -2.13. The number of Topliss-reactive ketones (excluding diaryl/α,β-unsaturated/α-hetero) is 1. The van der Waals surface area contributed by atoms with Crippen LogP contribution in [0.5, 0.6) is 0 Å². The number of hydrazone groups is 1. The van der Waals surface area contributed by atoms with Crippen LogP contribution in [-0.4, -0.2) is 25.1 Å². The Balaban J connectivity index is 2.71. The Morgan fingerprint density at radius 2 is 2.14 bits per heavy atom. The topological polar surface area (TPSA) is 53.5 Å². The third-order valence-electron chi connectivity index (χ3n) is 3.31. The summed E-state index contributed by atoms with van der Waals surface area (Å²) in [5.74, 6) is 0.246. The van der Waals surface area contributed by atoms with Crippen LogP contribution in [0.4, 0.5) is 0 Å². The monoisotopic (exact) mass is 289 g/mol. The first-order chi connectivity index (χ1) is 10.1. The van der Waals surface area contributed by atoms with Crippen molar-refractivity contribution in [2.75, 3.05) is 13.6 Å². The van der Waals surface area contributed by atoms with Crippen LogP contribution in [0.3, 0.4) is 0 Å². The molecule has 0 saturated heterocycles. The molecule has 0 aliphatic carbocycles. The molecule has 1 rings (SSSR count). The van der Waals surface area contributed by atoms with Gasteiger partial charge in [0.05, 0.1) is 6.54 Å². The predicted octanol–water partition coefficient (Wildman–Crippen LogP) is 2.67. The molecule has 116 valence electrons. The second-order valence-electron chi connectivity index (χ2n) is 5.45. The quantitative estimate of drug-likeness (QED) is 0.543. The van der Waals surface area contributed by atoms with Gasteiger partial charge in [-0.25, -0.2) is 0 Å². The van der Waals surface area contributed by atoms with Gasteiger partial charge in [0.2, 0.25) is 0 Å². The van der Waals surface area contributed by atoms with Crippen molar-refractivity contribution in [3.05, 3.63) is 35.4 Å². The summed E-state index contributed by atoms with van der Waals surface area (Å²) in [6.45, 7) is 7.49. The van der Waals surface area contributed by atoms with Crippen molar-refractivity contribution in [1.29, 1.82) is 0 Å². The van der Waals surface area contributed by atoms with E-state index in [1.807, 2.05) is 27.0 Å². The molecule has 0 aliphatic heterocycles. The number of carbonyl (C=O) groups excluding carboxylic acids is 1. The molecule has 1 unspecified atom stereocenters. The molecule has 0 spiro atoms. The highest BCUT2D eigenvalue weighted by atomic mass is 16.1. The van der Waals surface area contributed by atoms with E-state index < -0.39 is 0 Å². The van der Waals surface area contributed by atoms with Gasteiger partial charge in [0, 0.05) is 18.9 Å². The molecule has 0 saturated carbocycles. The van der Waals surface area contributed by atoms with Crippen LogP contribution in [0.1, 0.15) is 37.8 Å². The minimum absolute atomic E-state index is 0.110. The number of ketones is 1. The van der Waals surface area contributed by atoms with Crippen LogP contribution >= 0.6 is 0 Å². The van der Waals surface area contributed by atoms with E-state index in [0.29, 0.717) is 18.7 Å². The number of benzene rings is 1. The van der Waals surface area contributed by atoms with Gasteiger partial charge in [-0.3, -0.25) is 4.79 Å². The summed E-state index contributed by atoms with van der Waals surface area (Å²) < 4.78 is 0. The van der Waals surface area contributed by atoms with Gasteiger partial charge in [-0.1, -0.05) is 43.7 Å². The van der Waals surface area contributed by atoms with Crippen LogP contribution < -0.4 is 10.7 Å². The van der Waals surface area contributed by atoms with Gasteiger partial charge in [0.15, 0.2) is 5.78 Å². The zero-order valence-electron chi connectivity index (χ0n) is 13.6. The van der Waals surface area contributed by atoms with Gasteiger partial charge in [-0.05, 0) is 26.0 Å². The van der Waals surface area contributed by atoms with E-state index in [2.05, 4.69) is 41.0 Å². The molecule has 4 nitrogen and oxygen atoms in total. The molecule has 0 heterocycles. The van der Waals surface area contributed by atoms with Crippen molar-refractivity contribution in [2.24, 2.45) is 11.0 Å². The molecule has 0 bridgehead atoms. The maximum absolute atomic E-state index is 12.2. The van der Waals surface area contributed by atoms with Crippen LogP contribution in [0.25, 0.3) is 0 Å². The van der Waals surface area contributed by atoms with Crippen LogP contribution in [0.2, 0.25) is 0 Å². The van der Waals surface area contributed by atoms with Crippen molar-refractivity contribution >= 4 is 11.5 Å². The average molecular weight is 289 g/mol. The van der Waals surface area contributed by atoms with Gasteiger partial charge in [0.1, 0.15) is 5.71 Å². The second-order valence-corrected chi connectivity index (χ2v) is 5.45. The molecule has 1 aromatic rings. The first-order valence-electron chi connectivity index (χ1n) is 7.62. The lowest BCUT2D eigenvalue weighted by atomic mass is 9.99. The smallest absolute Gasteiger partial charge is 0.179 e. The summed E-state index contributed by atoms with van der Waals surface area (Å²) in [5.41, 5.74) is 6.08. The maximum Gasteiger partial charge on any atom is 0.179 e. The lowest BCUT2D eigenvalue weighted by Crippen LogP contribution is -2.31. The second kappa shape index (κ2) is 9.29. The summed E-state index contributed by atoms with van der Waals surface area (Å²) in [5, 5.41) is 7.46. The van der Waals surface area contributed by atoms with E-state index in [9.17, 15) is 4.79 Å². The van der Waals surface area contributed by atoms with Gasteiger partial charge >= 0.3 is 0 Å². The Hall–Kier alpha value is -1.68. The Labute approximate surface area is 128 Å². The number of hydrogen-bond acceptors (Lipinski definition) is 4. The molecule has 4 heteroatoms. The van der Waals surface area contributed by atoms with Gasteiger partial charge < -0.3 is 10.7 Å². The average Bonchev–Trinajstić information content (AvgIpc) is 2.44. The van der Waals surface area contributed by atoms with Crippen LogP contribution in [-0.2, 0) is 11.3 Å². The first kappa shape index (κ1) is 17.4. The zero-order chi connectivity index (χ0) is 15.7. The first-order valence-corrected chi connectivity index (χ1v) is 7.62. The maximum atomic E-state index is 12.2. The molecule has 21 heavy (non-hydrogen) atoms. The van der Waals surface area contributed by atoms with Crippen LogP contribution in [0, 0.1) is 12.8 Å². The molecular formula is C17H27N3O. The Morgan fingerprint density at radius 3 is 2.76 bits per heavy atom. The highest BCUT2D eigenvalue weighted by Gasteiger charge is 2.17. The standard InChI is InChI=1S/C17H27N3O/c1-5-7-16(21)17(14(3)11-18-4)20-19-12-15-9-6-8-13(2)10-15/h6,8-10,14,18-19H,5,7,11-12H2,1-4H3/b20-17+. The molecule has 0 radical (unpaired) electrons. The summed E-state index contributed by atoms with van der Waals surface area (Å²) >= 11 is 0. The number of rotatable bonds is 9. The Kier molecular flexibility index (Phi) is 7.69. The highest BCUT2D eigenvalue weighted by molar-refractivity contribution is 6.40. The summed E-state index contributed by atoms with van der Waals surface area (Å²) in [4.78, 5) is 12.2. The van der Waals surface area contributed by atoms with Gasteiger partial charge in [-0.15, -0.1) is 0 Å². The third-order valence-corrected chi connectivity index (χ3v) is 3.31. The minimum atomic E-state index is 0.110. The number of nitrogens with one attached hydrogen (secondary N) is 2. The number of carbonyl (C=O) groups is 1. The normalized spacial score (nSPS) is 13.0. The van der Waals surface area contributed by atoms with Crippen LogP contribution in [0.15, 0.2) is 29.4 Å². The molecule has 0 fully saturated rings.